The third kappa shape index (κ3) is 25.8. The Kier molecular flexibility index (Phi) is 26.7. The predicted molar refractivity (Wildman–Crippen MR) is 153 cm³/mol. The second-order valence-corrected chi connectivity index (χ2v) is 10.7. The Morgan fingerprint density at radius 2 is 0.686 bits per heavy atom. The highest BCUT2D eigenvalue weighted by atomic mass is 16.2. The van der Waals surface area contributed by atoms with E-state index in [-0.39, 0.29) is 18.0 Å². The van der Waals surface area contributed by atoms with Crippen LogP contribution >= 0.6 is 0 Å². The van der Waals surface area contributed by atoms with Gasteiger partial charge in [0.1, 0.15) is 6.17 Å². The topological polar surface area (TPSA) is 58.2 Å². The van der Waals surface area contributed by atoms with Crippen molar-refractivity contribution in [3.8, 4) is 0 Å². The molecule has 35 heavy (non-hydrogen) atoms. The Morgan fingerprint density at radius 3 is 0.943 bits per heavy atom. The average Bonchev–Trinajstić information content (AvgIpc) is 2.85. The van der Waals surface area contributed by atoms with Crippen molar-refractivity contribution in [3.05, 3.63) is 0 Å². The van der Waals surface area contributed by atoms with Crippen LogP contribution in [0, 0.1) is 0 Å². The Hall–Kier alpha value is -1.06. The maximum Gasteiger partial charge on any atom is 0.221 e. The third-order valence-electron chi connectivity index (χ3n) is 7.09. The van der Waals surface area contributed by atoms with Crippen LogP contribution in [0.4, 0.5) is 0 Å². The minimum absolute atomic E-state index is 0.0720. The molecule has 0 saturated carbocycles. The lowest BCUT2D eigenvalue weighted by Gasteiger charge is -2.18. The molecule has 208 valence electrons. The first kappa shape index (κ1) is 33.9. The van der Waals surface area contributed by atoms with E-state index >= 15 is 0 Å². The van der Waals surface area contributed by atoms with Crippen molar-refractivity contribution >= 4 is 11.8 Å². The summed E-state index contributed by atoms with van der Waals surface area (Å²) >= 11 is 0. The molecule has 0 spiro atoms. The fourth-order valence-corrected chi connectivity index (χ4v) is 4.67. The van der Waals surface area contributed by atoms with Crippen LogP contribution in [0.2, 0.25) is 0 Å². The summed E-state index contributed by atoms with van der Waals surface area (Å²) in [5, 5.41) is 6.01. The molecular formula is C31H62N2O2. The van der Waals surface area contributed by atoms with E-state index in [2.05, 4.69) is 24.5 Å². The number of unbranched alkanes of at least 4 members (excludes halogenated alkanes) is 20. The van der Waals surface area contributed by atoms with Gasteiger partial charge in [-0.25, -0.2) is 0 Å². The lowest BCUT2D eigenvalue weighted by molar-refractivity contribution is -0.124. The molecule has 0 aromatic heterocycles. The lowest BCUT2D eigenvalue weighted by Crippen LogP contribution is -2.47. The van der Waals surface area contributed by atoms with Crippen LogP contribution in [0.1, 0.15) is 181 Å². The van der Waals surface area contributed by atoms with Crippen LogP contribution in [-0.2, 0) is 9.59 Å². The number of carbonyl (C=O) groups excluding carboxylic acids is 2. The molecule has 0 aromatic rings. The fourth-order valence-electron chi connectivity index (χ4n) is 4.67. The van der Waals surface area contributed by atoms with Crippen molar-refractivity contribution in [1.29, 1.82) is 0 Å². The summed E-state index contributed by atoms with van der Waals surface area (Å²) in [6.45, 7) is 6.54. The second kappa shape index (κ2) is 27.5. The van der Waals surface area contributed by atoms with Crippen molar-refractivity contribution in [2.75, 3.05) is 0 Å². The van der Waals surface area contributed by atoms with E-state index in [1.165, 1.54) is 116 Å². The highest BCUT2D eigenvalue weighted by Crippen LogP contribution is 2.13. The Morgan fingerprint density at radius 1 is 0.429 bits per heavy atom. The number of rotatable bonds is 27. The van der Waals surface area contributed by atoms with Gasteiger partial charge < -0.3 is 10.6 Å². The van der Waals surface area contributed by atoms with Crippen LogP contribution in [0.25, 0.3) is 0 Å². The molecule has 0 bridgehead atoms. The Labute approximate surface area is 219 Å². The van der Waals surface area contributed by atoms with Gasteiger partial charge in [0.2, 0.25) is 11.8 Å². The van der Waals surface area contributed by atoms with Crippen LogP contribution < -0.4 is 10.6 Å². The average molecular weight is 495 g/mol. The van der Waals surface area contributed by atoms with Gasteiger partial charge in [-0.05, 0) is 19.3 Å². The molecular weight excluding hydrogens is 432 g/mol. The zero-order chi connectivity index (χ0) is 25.8. The van der Waals surface area contributed by atoms with Gasteiger partial charge in [0.05, 0.1) is 0 Å². The van der Waals surface area contributed by atoms with Crippen LogP contribution in [0.3, 0.4) is 0 Å². The summed E-state index contributed by atoms with van der Waals surface area (Å²) in [5.74, 6) is 0.144. The third-order valence-corrected chi connectivity index (χ3v) is 7.09. The van der Waals surface area contributed by atoms with Gasteiger partial charge in [-0.2, -0.15) is 0 Å². The molecule has 4 nitrogen and oxygen atoms in total. The molecule has 0 rings (SSSR count). The highest BCUT2D eigenvalue weighted by Gasteiger charge is 2.12. The highest BCUT2D eigenvalue weighted by molar-refractivity contribution is 5.79. The predicted octanol–water partition coefficient (Wildman–Crippen LogP) is 9.36. The molecule has 0 atom stereocenters. The van der Waals surface area contributed by atoms with Gasteiger partial charge in [-0.15, -0.1) is 0 Å². The van der Waals surface area contributed by atoms with Gasteiger partial charge in [-0.3, -0.25) is 9.59 Å². The SMILES string of the molecule is CCCCCCCCCCCCCC(=O)NC(CC)NC(=O)CCCCCCCCCCCCC. The Bertz CT molecular complexity index is 427. The molecule has 2 amide bonds. The molecule has 0 aliphatic rings. The van der Waals surface area contributed by atoms with Crippen LogP contribution in [-0.4, -0.2) is 18.0 Å². The number of amides is 2. The molecule has 0 aromatic carbocycles. The first-order valence-corrected chi connectivity index (χ1v) is 15.7. The van der Waals surface area contributed by atoms with Crippen molar-refractivity contribution in [2.24, 2.45) is 0 Å². The van der Waals surface area contributed by atoms with Crippen molar-refractivity contribution in [1.82, 2.24) is 10.6 Å². The minimum Gasteiger partial charge on any atom is -0.336 e. The molecule has 0 fully saturated rings. The molecule has 0 aliphatic carbocycles. The summed E-state index contributed by atoms with van der Waals surface area (Å²) in [6, 6.07) is 0. The van der Waals surface area contributed by atoms with E-state index in [1.807, 2.05) is 6.92 Å². The Balaban J connectivity index is 3.58. The molecule has 0 saturated heterocycles. The number of carbonyl (C=O) groups is 2. The van der Waals surface area contributed by atoms with E-state index in [4.69, 9.17) is 0 Å². The first-order valence-electron chi connectivity index (χ1n) is 15.7. The minimum atomic E-state index is -0.226. The summed E-state index contributed by atoms with van der Waals surface area (Å²) in [5.41, 5.74) is 0. The van der Waals surface area contributed by atoms with Gasteiger partial charge in [0.25, 0.3) is 0 Å². The summed E-state index contributed by atoms with van der Waals surface area (Å²) in [6.07, 6.45) is 30.0. The second-order valence-electron chi connectivity index (χ2n) is 10.7. The fraction of sp³-hybridized carbons (Fsp3) is 0.935. The normalized spacial score (nSPS) is 11.2. The number of nitrogens with one attached hydrogen (secondary N) is 2. The monoisotopic (exact) mass is 494 g/mol. The quantitative estimate of drug-likeness (QED) is 0.0882. The van der Waals surface area contributed by atoms with E-state index in [0.29, 0.717) is 12.8 Å². The van der Waals surface area contributed by atoms with Crippen molar-refractivity contribution in [3.63, 3.8) is 0 Å². The summed E-state index contributed by atoms with van der Waals surface area (Å²) in [4.78, 5) is 24.5. The van der Waals surface area contributed by atoms with E-state index in [0.717, 1.165) is 32.1 Å². The van der Waals surface area contributed by atoms with Crippen molar-refractivity contribution in [2.45, 2.75) is 187 Å². The van der Waals surface area contributed by atoms with Crippen molar-refractivity contribution < 1.29 is 9.59 Å². The van der Waals surface area contributed by atoms with E-state index in [1.54, 1.807) is 0 Å². The van der Waals surface area contributed by atoms with Gasteiger partial charge in [0, 0.05) is 12.8 Å². The van der Waals surface area contributed by atoms with Crippen LogP contribution in [0.15, 0.2) is 0 Å². The van der Waals surface area contributed by atoms with Gasteiger partial charge in [0.15, 0.2) is 0 Å². The molecule has 4 heteroatoms. The van der Waals surface area contributed by atoms with Gasteiger partial charge >= 0.3 is 0 Å². The molecule has 0 heterocycles. The van der Waals surface area contributed by atoms with Gasteiger partial charge in [-0.1, -0.05) is 149 Å². The maximum absolute atomic E-state index is 12.3. The standard InChI is InChI=1S/C31H62N2O2/c1-4-7-9-11-13-15-17-19-21-23-25-27-30(34)32-29(6-3)33-31(35)28-26-24-22-20-18-16-14-12-10-8-5-2/h29H,4-28H2,1-3H3,(H,32,34)(H,33,35). The maximum atomic E-state index is 12.3. The van der Waals surface area contributed by atoms with E-state index in [9.17, 15) is 9.59 Å². The summed E-state index contributed by atoms with van der Waals surface area (Å²) in [7, 11) is 0. The number of hydrogen-bond acceptors (Lipinski definition) is 2. The first-order chi connectivity index (χ1) is 17.1. The number of hydrogen-bond donors (Lipinski definition) is 2. The molecule has 0 unspecified atom stereocenters. The smallest absolute Gasteiger partial charge is 0.221 e. The van der Waals surface area contributed by atoms with Crippen LogP contribution in [0.5, 0.6) is 0 Å². The molecule has 2 N–H and O–H groups in total. The molecule has 0 radical (unpaired) electrons. The zero-order valence-corrected chi connectivity index (χ0v) is 24.1. The molecule has 0 aliphatic heterocycles. The zero-order valence-electron chi connectivity index (χ0n) is 24.1. The lowest BCUT2D eigenvalue weighted by atomic mass is 10.1. The summed E-state index contributed by atoms with van der Waals surface area (Å²) < 4.78 is 0. The van der Waals surface area contributed by atoms with E-state index < -0.39 is 0 Å². The largest absolute Gasteiger partial charge is 0.336 e.